The van der Waals surface area contributed by atoms with Gasteiger partial charge in [0.2, 0.25) is 5.92 Å². The second-order valence-electron chi connectivity index (χ2n) is 7.24. The molecule has 1 fully saturated rings. The number of aromatic carboxylic acids is 1. The Balaban J connectivity index is 2.12. The van der Waals surface area contributed by atoms with Gasteiger partial charge in [-0.05, 0) is 38.2 Å². The van der Waals surface area contributed by atoms with Crippen molar-refractivity contribution < 1.29 is 27.5 Å². The summed E-state index contributed by atoms with van der Waals surface area (Å²) in [7, 11) is 0. The highest BCUT2D eigenvalue weighted by Gasteiger charge is 2.38. The van der Waals surface area contributed by atoms with Crippen LogP contribution in [0, 0.1) is 12.8 Å². The number of carbonyl (C=O) groups excluding carboxylic acids is 1. The van der Waals surface area contributed by atoms with Gasteiger partial charge in [0.25, 0.3) is 5.92 Å². The maximum Gasteiger partial charge on any atom is 0.288 e. The molecule has 0 aromatic carbocycles. The molecule has 0 amide bonds. The average molecular weight is 406 g/mol. The number of carboxylic acids is 1. The number of carboxylic acid groups (broad SMARTS) is 1. The molecule has 4 nitrogen and oxygen atoms in total. The third kappa shape index (κ3) is 3.77. The summed E-state index contributed by atoms with van der Waals surface area (Å²) in [4.78, 5) is 15.2. The molecule has 9 heteroatoms. The molecule has 0 bridgehead atoms. The number of carbonyl (C=O) groups is 1. The van der Waals surface area contributed by atoms with Gasteiger partial charge in [-0.2, -0.15) is 8.78 Å². The molecule has 1 saturated carbocycles. The zero-order valence-corrected chi connectivity index (χ0v) is 15.5. The summed E-state index contributed by atoms with van der Waals surface area (Å²) >= 11 is 6.09. The van der Waals surface area contributed by atoms with Gasteiger partial charge in [0, 0.05) is 31.0 Å². The summed E-state index contributed by atoms with van der Waals surface area (Å²) in [5.74, 6) is -7.71. The Morgan fingerprint density at radius 1 is 1.41 bits per heavy atom. The van der Waals surface area contributed by atoms with Crippen molar-refractivity contribution in [3.8, 4) is 0 Å². The quantitative estimate of drug-likeness (QED) is 0.718. The van der Waals surface area contributed by atoms with Crippen molar-refractivity contribution in [2.45, 2.75) is 57.8 Å². The summed E-state index contributed by atoms with van der Waals surface area (Å²) in [5, 5.41) is 11.1. The Morgan fingerprint density at radius 3 is 2.52 bits per heavy atom. The molecule has 2 aromatic rings. The molecule has 0 N–H and O–H groups in total. The van der Waals surface area contributed by atoms with Crippen LogP contribution in [0.3, 0.4) is 0 Å². The van der Waals surface area contributed by atoms with Crippen molar-refractivity contribution in [2.75, 3.05) is 0 Å². The summed E-state index contributed by atoms with van der Waals surface area (Å²) < 4.78 is 56.5. The van der Waals surface area contributed by atoms with Crippen LogP contribution in [0.5, 0.6) is 0 Å². The smallest absolute Gasteiger partial charge is 0.288 e. The van der Waals surface area contributed by atoms with Gasteiger partial charge in [-0.1, -0.05) is 11.6 Å². The molecule has 0 spiro atoms. The first kappa shape index (κ1) is 19.9. The van der Waals surface area contributed by atoms with Crippen LogP contribution in [0.4, 0.5) is 17.6 Å². The predicted molar refractivity (Wildman–Crippen MR) is 89.4 cm³/mol. The van der Waals surface area contributed by atoms with Crippen LogP contribution in [0.1, 0.15) is 60.0 Å². The van der Waals surface area contributed by atoms with Gasteiger partial charge in [-0.3, -0.25) is 4.40 Å². The summed E-state index contributed by atoms with van der Waals surface area (Å²) in [6.07, 6.45) is 0.0250. The number of pyridine rings is 1. The van der Waals surface area contributed by atoms with Crippen molar-refractivity contribution in [3.05, 3.63) is 33.7 Å². The topological polar surface area (TPSA) is 57.4 Å². The summed E-state index contributed by atoms with van der Waals surface area (Å²) in [5.41, 5.74) is -0.385. The monoisotopic (exact) mass is 405 g/mol. The number of halogens is 5. The highest BCUT2D eigenvalue weighted by Crippen LogP contribution is 2.40. The molecule has 148 valence electrons. The fraction of sp³-hybridized carbons (Fsp3) is 0.556. The molecule has 0 unspecified atom stereocenters. The van der Waals surface area contributed by atoms with Gasteiger partial charge >= 0.3 is 0 Å². The van der Waals surface area contributed by atoms with Crippen molar-refractivity contribution in [1.29, 1.82) is 0 Å². The minimum atomic E-state index is -3.28. The molecule has 1 aliphatic rings. The van der Waals surface area contributed by atoms with Crippen LogP contribution >= 0.6 is 11.6 Å². The van der Waals surface area contributed by atoms with Crippen LogP contribution < -0.4 is 5.11 Å². The average Bonchev–Trinajstić information content (AvgIpc) is 2.91. The van der Waals surface area contributed by atoms with E-state index in [1.807, 2.05) is 0 Å². The zero-order valence-electron chi connectivity index (χ0n) is 14.8. The molecule has 2 aromatic heterocycles. The van der Waals surface area contributed by atoms with E-state index in [9.17, 15) is 27.5 Å². The normalized spacial score (nSPS) is 18.2. The first-order chi connectivity index (χ1) is 12.4. The Bertz CT molecular complexity index is 895. The maximum absolute atomic E-state index is 14.2. The number of hydrogen-bond donors (Lipinski definition) is 0. The summed E-state index contributed by atoms with van der Waals surface area (Å²) in [6.45, 7) is 2.20. The van der Waals surface area contributed by atoms with Crippen LogP contribution in [-0.4, -0.2) is 21.3 Å². The van der Waals surface area contributed by atoms with E-state index in [1.165, 1.54) is 11.3 Å². The van der Waals surface area contributed by atoms with Gasteiger partial charge < -0.3 is 9.90 Å². The van der Waals surface area contributed by atoms with Gasteiger partial charge in [0.1, 0.15) is 11.3 Å². The van der Waals surface area contributed by atoms with Gasteiger partial charge in [0.05, 0.1) is 16.7 Å². The van der Waals surface area contributed by atoms with Crippen molar-refractivity contribution in [2.24, 2.45) is 5.92 Å². The molecule has 2 heterocycles. The molecule has 27 heavy (non-hydrogen) atoms. The molecular formula is C18H18ClF4N2O2-. The number of aromatic nitrogens is 2. The van der Waals surface area contributed by atoms with E-state index in [-0.39, 0.29) is 65.6 Å². The van der Waals surface area contributed by atoms with Crippen LogP contribution in [0.2, 0.25) is 5.02 Å². The number of alkyl halides is 4. The van der Waals surface area contributed by atoms with Crippen molar-refractivity contribution in [3.63, 3.8) is 0 Å². The van der Waals surface area contributed by atoms with E-state index in [1.54, 1.807) is 0 Å². The molecule has 0 saturated heterocycles. The van der Waals surface area contributed by atoms with Crippen LogP contribution in [-0.2, 0) is 12.3 Å². The van der Waals surface area contributed by atoms with Gasteiger partial charge in [-0.15, -0.1) is 0 Å². The van der Waals surface area contributed by atoms with Gasteiger partial charge in [-0.25, -0.2) is 13.8 Å². The van der Waals surface area contributed by atoms with E-state index < -0.39 is 23.5 Å². The number of fused-ring (bicyclic) bond motifs is 1. The lowest BCUT2D eigenvalue weighted by molar-refractivity contribution is -0.255. The van der Waals surface area contributed by atoms with Crippen LogP contribution in [0.15, 0.2) is 6.07 Å². The van der Waals surface area contributed by atoms with E-state index in [2.05, 4.69) is 4.98 Å². The second kappa shape index (κ2) is 6.65. The van der Waals surface area contributed by atoms with Crippen molar-refractivity contribution in [1.82, 2.24) is 9.38 Å². The largest absolute Gasteiger partial charge is 0.545 e. The SMILES string of the molecule is Cc1c(Cl)c(C(=O)[O-])cc2nc(C(C)(F)F)c(CC3CCC(F)(F)CC3)n12. The Labute approximate surface area is 158 Å². The lowest BCUT2D eigenvalue weighted by Crippen LogP contribution is -2.26. The standard InChI is InChI=1S/C18H19ClF4N2O2/c1-9-14(19)11(16(26)27)8-13-24-15(17(2,20)21)12(25(9)13)7-10-3-5-18(22,23)6-4-10/h8,10H,3-7H2,1-2H3,(H,26,27)/p-1. The van der Waals surface area contributed by atoms with E-state index in [4.69, 9.17) is 11.6 Å². The number of nitrogens with zero attached hydrogens (tertiary/aromatic N) is 2. The Morgan fingerprint density at radius 2 is 2.00 bits per heavy atom. The van der Waals surface area contributed by atoms with E-state index in [0.29, 0.717) is 6.92 Å². The molecule has 1 aliphatic carbocycles. The predicted octanol–water partition coefficient (Wildman–Crippen LogP) is 4.14. The van der Waals surface area contributed by atoms with Crippen LogP contribution in [0.25, 0.3) is 5.65 Å². The first-order valence-corrected chi connectivity index (χ1v) is 8.96. The Hall–Kier alpha value is -1.83. The van der Waals surface area contributed by atoms with Crippen molar-refractivity contribution >= 4 is 23.2 Å². The maximum atomic E-state index is 14.2. The highest BCUT2D eigenvalue weighted by molar-refractivity contribution is 6.34. The second-order valence-corrected chi connectivity index (χ2v) is 7.62. The third-order valence-corrected chi connectivity index (χ3v) is 5.59. The lowest BCUT2D eigenvalue weighted by Gasteiger charge is -2.28. The third-order valence-electron chi connectivity index (χ3n) is 5.12. The number of imidazole rings is 1. The molecular weight excluding hydrogens is 388 g/mol. The highest BCUT2D eigenvalue weighted by atomic mass is 35.5. The molecule has 0 atom stereocenters. The minimum Gasteiger partial charge on any atom is -0.545 e. The summed E-state index contributed by atoms with van der Waals surface area (Å²) in [6, 6.07) is 1.10. The number of rotatable bonds is 4. The molecule has 3 rings (SSSR count). The lowest BCUT2D eigenvalue weighted by atomic mass is 9.83. The van der Waals surface area contributed by atoms with E-state index >= 15 is 0 Å². The first-order valence-electron chi connectivity index (χ1n) is 8.58. The zero-order chi connectivity index (χ0) is 20.1. The molecule has 0 aliphatic heterocycles. The number of aryl methyl sites for hydroxylation is 1. The number of hydrogen-bond acceptors (Lipinski definition) is 3. The Kier molecular flexibility index (Phi) is 4.91. The fourth-order valence-electron chi connectivity index (χ4n) is 3.70. The molecule has 0 radical (unpaired) electrons. The van der Waals surface area contributed by atoms with E-state index in [0.717, 1.165) is 6.07 Å². The fourth-order valence-corrected chi connectivity index (χ4v) is 3.91. The van der Waals surface area contributed by atoms with Gasteiger partial charge in [0.15, 0.2) is 0 Å². The minimum absolute atomic E-state index is 0.0174.